The highest BCUT2D eigenvalue weighted by Crippen LogP contribution is 2.35. The van der Waals surface area contributed by atoms with Gasteiger partial charge in [-0.05, 0) is 86.6 Å². The molecule has 4 amide bonds. The maximum absolute atomic E-state index is 14.9. The van der Waals surface area contributed by atoms with Crippen LogP contribution in [0.15, 0.2) is 182 Å². The lowest BCUT2D eigenvalue weighted by molar-refractivity contribution is 0.256. The molecule has 0 atom stereocenters. The molecule has 260 valence electrons. The number of anilines is 6. The Morgan fingerprint density at radius 2 is 0.673 bits per heavy atom. The van der Waals surface area contributed by atoms with Gasteiger partial charge in [-0.1, -0.05) is 108 Å². The fourth-order valence-electron chi connectivity index (χ4n) is 5.81. The van der Waals surface area contributed by atoms with Crippen molar-refractivity contribution in [2.24, 2.45) is 0 Å². The van der Waals surface area contributed by atoms with Crippen LogP contribution >= 0.6 is 0 Å². The van der Waals surface area contributed by atoms with Crippen LogP contribution in [0.2, 0.25) is 0 Å². The number of nitrogens with one attached hydrogen (secondary N) is 2. The molecule has 0 spiro atoms. The van der Waals surface area contributed by atoms with Crippen molar-refractivity contribution in [2.75, 3.05) is 44.3 Å². The molecule has 6 rings (SSSR count). The lowest BCUT2D eigenvalue weighted by Crippen LogP contribution is -2.49. The van der Waals surface area contributed by atoms with Gasteiger partial charge in [-0.15, -0.1) is 0 Å². The van der Waals surface area contributed by atoms with E-state index in [-0.39, 0.29) is 0 Å². The van der Waals surface area contributed by atoms with Crippen molar-refractivity contribution < 1.29 is 9.59 Å². The molecule has 0 saturated heterocycles. The van der Waals surface area contributed by atoms with Gasteiger partial charge in [0.15, 0.2) is 11.6 Å². The highest BCUT2D eigenvalue weighted by atomic mass is 16.2. The standard InChI is InChI=1S/C44H42N6O2/c1-33-25-29-39(30-26-33)49(43(51)45-35-17-9-5-10-18-35)41(47(3)37-21-13-7-14-22-37)42(48(4)38-23-15-8-16-24-38)50(40-31-27-34(2)28-32-40)44(52)46-36-19-11-6-12-20-36/h5-32H,1-4H3,(H,45,51)(H,46,52)/b42-41-. The van der Waals surface area contributed by atoms with Gasteiger partial charge in [-0.25, -0.2) is 19.4 Å². The summed E-state index contributed by atoms with van der Waals surface area (Å²) < 4.78 is 0. The third-order valence-electron chi connectivity index (χ3n) is 8.59. The molecule has 0 unspecified atom stereocenters. The summed E-state index contributed by atoms with van der Waals surface area (Å²) in [6.45, 7) is 4.01. The number of benzene rings is 6. The summed E-state index contributed by atoms with van der Waals surface area (Å²) in [5.74, 6) is 0.831. The van der Waals surface area contributed by atoms with Crippen LogP contribution in [0.4, 0.5) is 43.7 Å². The van der Waals surface area contributed by atoms with Crippen LogP contribution in [0.3, 0.4) is 0 Å². The van der Waals surface area contributed by atoms with Crippen molar-refractivity contribution in [1.82, 2.24) is 0 Å². The van der Waals surface area contributed by atoms with E-state index in [0.717, 1.165) is 22.5 Å². The van der Waals surface area contributed by atoms with Gasteiger partial charge in [-0.2, -0.15) is 0 Å². The average Bonchev–Trinajstić information content (AvgIpc) is 3.18. The zero-order valence-electron chi connectivity index (χ0n) is 29.8. The normalized spacial score (nSPS) is 11.2. The van der Waals surface area contributed by atoms with Gasteiger partial charge in [0, 0.05) is 36.8 Å². The van der Waals surface area contributed by atoms with Gasteiger partial charge in [0.1, 0.15) is 0 Å². The minimum atomic E-state index is -0.417. The molecule has 6 aromatic carbocycles. The van der Waals surface area contributed by atoms with Crippen LogP contribution in [-0.2, 0) is 0 Å². The van der Waals surface area contributed by atoms with Crippen molar-refractivity contribution in [3.63, 3.8) is 0 Å². The molecule has 0 aliphatic rings. The minimum absolute atomic E-state index is 0.415. The molecule has 6 aromatic rings. The lowest BCUT2D eigenvalue weighted by Gasteiger charge is -2.40. The minimum Gasteiger partial charge on any atom is -0.327 e. The van der Waals surface area contributed by atoms with Crippen molar-refractivity contribution in [1.29, 1.82) is 0 Å². The first-order chi connectivity index (χ1) is 25.3. The first-order valence-corrected chi connectivity index (χ1v) is 17.1. The molecular weight excluding hydrogens is 645 g/mol. The van der Waals surface area contributed by atoms with E-state index in [9.17, 15) is 9.59 Å². The van der Waals surface area contributed by atoms with Crippen molar-refractivity contribution in [3.8, 4) is 0 Å². The number of urea groups is 2. The van der Waals surface area contributed by atoms with Crippen LogP contribution in [0.1, 0.15) is 11.1 Å². The van der Waals surface area contributed by atoms with Crippen molar-refractivity contribution >= 4 is 46.2 Å². The number of hydrogen-bond acceptors (Lipinski definition) is 4. The molecule has 52 heavy (non-hydrogen) atoms. The molecule has 0 radical (unpaired) electrons. The van der Waals surface area contributed by atoms with E-state index in [1.807, 2.05) is 208 Å². The van der Waals surface area contributed by atoms with Crippen molar-refractivity contribution in [3.05, 3.63) is 193 Å². The number of rotatable bonds is 10. The number of para-hydroxylation sites is 4. The van der Waals surface area contributed by atoms with Gasteiger partial charge < -0.3 is 20.4 Å². The SMILES string of the molecule is Cc1ccc(N(C(=O)Nc2ccccc2)/C(=C(/N(C)c2ccccc2)N(C(=O)Nc2ccccc2)c2ccc(C)cc2)N(C)c2ccccc2)cc1. The molecule has 0 heterocycles. The predicted molar refractivity (Wildman–Crippen MR) is 215 cm³/mol. The third kappa shape index (κ3) is 8.14. The van der Waals surface area contributed by atoms with Crippen LogP contribution in [0.5, 0.6) is 0 Å². The van der Waals surface area contributed by atoms with Gasteiger partial charge in [-0.3, -0.25) is 0 Å². The smallest absolute Gasteiger partial charge is 0.327 e. The Morgan fingerprint density at radius 3 is 0.981 bits per heavy atom. The van der Waals surface area contributed by atoms with Gasteiger partial charge in [0.05, 0.1) is 11.4 Å². The average molecular weight is 687 g/mol. The Morgan fingerprint density at radius 1 is 0.385 bits per heavy atom. The summed E-state index contributed by atoms with van der Waals surface area (Å²) in [4.78, 5) is 37.0. The number of hydrogen-bond donors (Lipinski definition) is 2. The number of carbonyl (C=O) groups is 2. The Bertz CT molecular complexity index is 1950. The molecule has 8 nitrogen and oxygen atoms in total. The maximum Gasteiger partial charge on any atom is 0.332 e. The zero-order valence-corrected chi connectivity index (χ0v) is 29.8. The van der Waals surface area contributed by atoms with Crippen LogP contribution in [-0.4, -0.2) is 26.2 Å². The van der Waals surface area contributed by atoms with E-state index in [1.165, 1.54) is 0 Å². The Kier molecular flexibility index (Phi) is 11.0. The van der Waals surface area contributed by atoms with Gasteiger partial charge in [0.25, 0.3) is 0 Å². The van der Waals surface area contributed by atoms with Crippen molar-refractivity contribution in [2.45, 2.75) is 13.8 Å². The predicted octanol–water partition coefficient (Wildman–Crippen LogP) is 10.5. The van der Waals surface area contributed by atoms with Gasteiger partial charge >= 0.3 is 12.1 Å². The van der Waals surface area contributed by atoms with E-state index in [1.54, 1.807) is 9.80 Å². The first-order valence-electron chi connectivity index (χ1n) is 17.1. The quantitative estimate of drug-likeness (QED) is 0.150. The Balaban J connectivity index is 1.70. The topological polar surface area (TPSA) is 71.2 Å². The second-order valence-electron chi connectivity index (χ2n) is 12.4. The monoisotopic (exact) mass is 686 g/mol. The summed E-state index contributed by atoms with van der Waals surface area (Å²) in [5.41, 5.74) is 6.13. The summed E-state index contributed by atoms with van der Waals surface area (Å²) in [5, 5.41) is 6.24. The second-order valence-corrected chi connectivity index (χ2v) is 12.4. The fraction of sp³-hybridized carbons (Fsp3) is 0.0909. The lowest BCUT2D eigenvalue weighted by atomic mass is 10.2. The second kappa shape index (κ2) is 16.3. The van der Waals surface area contributed by atoms with Crippen LogP contribution < -0.4 is 30.2 Å². The molecule has 0 saturated carbocycles. The van der Waals surface area contributed by atoms with E-state index in [2.05, 4.69) is 10.6 Å². The number of amides is 4. The van der Waals surface area contributed by atoms with Gasteiger partial charge in [0.2, 0.25) is 0 Å². The maximum atomic E-state index is 14.9. The fourth-order valence-corrected chi connectivity index (χ4v) is 5.81. The third-order valence-corrected chi connectivity index (χ3v) is 8.59. The summed E-state index contributed by atoms with van der Waals surface area (Å²) >= 11 is 0. The molecule has 0 fully saturated rings. The van der Waals surface area contributed by atoms with Crippen LogP contribution in [0.25, 0.3) is 0 Å². The summed E-state index contributed by atoms with van der Waals surface area (Å²) in [7, 11) is 3.81. The molecule has 0 aliphatic carbocycles. The molecule has 8 heteroatoms. The molecular formula is C44H42N6O2. The van der Waals surface area contributed by atoms with E-state index >= 15 is 0 Å². The molecule has 0 bridgehead atoms. The highest BCUT2D eigenvalue weighted by Gasteiger charge is 2.35. The van der Waals surface area contributed by atoms with E-state index in [4.69, 9.17) is 0 Å². The number of carbonyl (C=O) groups excluding carboxylic acids is 2. The molecule has 0 aromatic heterocycles. The molecule has 0 aliphatic heterocycles. The largest absolute Gasteiger partial charge is 0.332 e. The van der Waals surface area contributed by atoms with E-state index < -0.39 is 12.1 Å². The highest BCUT2D eigenvalue weighted by molar-refractivity contribution is 6.08. The Hall–Kier alpha value is -6.80. The summed E-state index contributed by atoms with van der Waals surface area (Å²) in [6, 6.07) is 53.0. The first kappa shape index (κ1) is 35.0. The van der Waals surface area contributed by atoms with Crippen LogP contribution in [0, 0.1) is 13.8 Å². The number of aryl methyl sites for hydroxylation is 2. The molecule has 2 N–H and O–H groups in total. The van der Waals surface area contributed by atoms with E-state index in [0.29, 0.717) is 34.4 Å². The Labute approximate surface area is 305 Å². The zero-order chi connectivity index (χ0) is 36.5. The number of nitrogens with zero attached hydrogens (tertiary/aromatic N) is 4. The summed E-state index contributed by atoms with van der Waals surface area (Å²) in [6.07, 6.45) is 0.